The zero-order chi connectivity index (χ0) is 17.9. The van der Waals surface area contributed by atoms with Crippen molar-refractivity contribution in [3.8, 4) is 0 Å². The summed E-state index contributed by atoms with van der Waals surface area (Å²) in [6.07, 6.45) is 4.10. The lowest BCUT2D eigenvalue weighted by atomic mass is 10.2. The summed E-state index contributed by atoms with van der Waals surface area (Å²) in [5.74, 6) is 0.962. The van der Waals surface area contributed by atoms with Gasteiger partial charge >= 0.3 is 0 Å². The minimum atomic E-state index is 0. The fourth-order valence-corrected chi connectivity index (χ4v) is 2.85. The lowest BCUT2D eigenvalue weighted by Gasteiger charge is -2.28. The molecule has 0 atom stereocenters. The second-order valence-electron chi connectivity index (χ2n) is 6.29. The molecule has 0 aromatic heterocycles. The molecule has 0 bridgehead atoms. The summed E-state index contributed by atoms with van der Waals surface area (Å²) in [6, 6.07) is 8.74. The maximum absolute atomic E-state index is 5.41. The molecule has 0 amide bonds. The Bertz CT molecular complexity index is 541. The van der Waals surface area contributed by atoms with Crippen LogP contribution in [-0.4, -0.2) is 57.3 Å². The number of guanidine groups is 1. The van der Waals surface area contributed by atoms with Gasteiger partial charge in [-0.25, -0.2) is 4.99 Å². The number of anilines is 1. The topological polar surface area (TPSA) is 40.1 Å². The quantitative estimate of drug-likeness (QED) is 0.207. The lowest BCUT2D eigenvalue weighted by molar-refractivity contribution is 0.122. The Morgan fingerprint density at radius 2 is 2.00 bits per heavy atom. The summed E-state index contributed by atoms with van der Waals surface area (Å²) < 4.78 is 5.41. The van der Waals surface area contributed by atoms with E-state index in [1.165, 1.54) is 11.3 Å². The Labute approximate surface area is 175 Å². The molecule has 1 heterocycles. The van der Waals surface area contributed by atoms with E-state index in [4.69, 9.17) is 9.73 Å². The molecule has 1 N–H and O–H groups in total. The molecule has 0 aliphatic carbocycles. The van der Waals surface area contributed by atoms with Crippen molar-refractivity contribution < 1.29 is 4.74 Å². The molecule has 1 saturated heterocycles. The zero-order valence-electron chi connectivity index (χ0n) is 16.1. The van der Waals surface area contributed by atoms with Crippen molar-refractivity contribution in [1.29, 1.82) is 0 Å². The van der Waals surface area contributed by atoms with Crippen molar-refractivity contribution in [3.63, 3.8) is 0 Å². The molecule has 0 saturated carbocycles. The first kappa shape index (κ1) is 22.8. The van der Waals surface area contributed by atoms with Crippen LogP contribution in [0.1, 0.15) is 25.3 Å². The molecule has 1 aliphatic heterocycles. The first-order valence-electron chi connectivity index (χ1n) is 9.26. The first-order chi connectivity index (χ1) is 12.2. The molecule has 1 fully saturated rings. The molecule has 5 nitrogen and oxygen atoms in total. The van der Waals surface area contributed by atoms with Crippen molar-refractivity contribution in [1.82, 2.24) is 10.2 Å². The van der Waals surface area contributed by atoms with Crippen LogP contribution >= 0.6 is 24.0 Å². The maximum Gasteiger partial charge on any atom is 0.193 e. The summed E-state index contributed by atoms with van der Waals surface area (Å²) >= 11 is 0. The van der Waals surface area contributed by atoms with Crippen molar-refractivity contribution >= 4 is 35.6 Å². The highest BCUT2D eigenvalue weighted by molar-refractivity contribution is 14.0. The molecule has 1 aromatic rings. The smallest absolute Gasteiger partial charge is 0.193 e. The summed E-state index contributed by atoms with van der Waals surface area (Å²) in [4.78, 5) is 9.34. The number of unbranched alkanes of at least 4 members (excludes halogenated alkanes) is 1. The van der Waals surface area contributed by atoms with Crippen molar-refractivity contribution in [2.45, 2.75) is 26.3 Å². The number of nitrogens with zero attached hydrogens (tertiary/aromatic N) is 3. The third kappa shape index (κ3) is 7.53. The van der Waals surface area contributed by atoms with E-state index in [-0.39, 0.29) is 24.0 Å². The van der Waals surface area contributed by atoms with Gasteiger partial charge in [0.25, 0.3) is 0 Å². The van der Waals surface area contributed by atoms with Gasteiger partial charge in [-0.05, 0) is 37.5 Å². The minimum absolute atomic E-state index is 0. The molecule has 0 unspecified atom stereocenters. The summed E-state index contributed by atoms with van der Waals surface area (Å²) in [6.45, 7) is 12.0. The van der Waals surface area contributed by atoms with Gasteiger partial charge in [0.2, 0.25) is 0 Å². The van der Waals surface area contributed by atoms with Gasteiger partial charge in [0.15, 0.2) is 5.96 Å². The molecule has 2 rings (SSSR count). The molecule has 0 radical (unpaired) electrons. The first-order valence-corrected chi connectivity index (χ1v) is 9.26. The number of hydrogen-bond acceptors (Lipinski definition) is 3. The van der Waals surface area contributed by atoms with E-state index in [1.807, 2.05) is 6.08 Å². The van der Waals surface area contributed by atoms with E-state index in [1.54, 1.807) is 0 Å². The van der Waals surface area contributed by atoms with Crippen LogP contribution in [0, 0.1) is 0 Å². The number of morpholine rings is 1. The Hall–Kier alpha value is -1.28. The molecule has 6 heteroatoms. The number of ether oxygens (including phenoxy) is 1. The van der Waals surface area contributed by atoms with Crippen molar-refractivity contribution in [2.24, 2.45) is 4.99 Å². The van der Waals surface area contributed by atoms with Gasteiger partial charge in [-0.1, -0.05) is 18.2 Å². The third-order valence-electron chi connectivity index (χ3n) is 4.32. The number of rotatable bonds is 8. The zero-order valence-corrected chi connectivity index (χ0v) is 18.4. The number of hydrogen-bond donors (Lipinski definition) is 1. The van der Waals surface area contributed by atoms with Gasteiger partial charge in [-0.15, -0.1) is 30.6 Å². The Kier molecular flexibility index (Phi) is 11.4. The van der Waals surface area contributed by atoms with E-state index in [9.17, 15) is 0 Å². The van der Waals surface area contributed by atoms with Gasteiger partial charge in [0.1, 0.15) is 0 Å². The van der Waals surface area contributed by atoms with E-state index < -0.39 is 0 Å². The van der Waals surface area contributed by atoms with Gasteiger partial charge < -0.3 is 19.9 Å². The molecular formula is C20H33IN4O. The largest absolute Gasteiger partial charge is 0.378 e. The SMILES string of the molecule is C=CCCCN(C)C(=NCc1ccc(N2CCOCC2)cc1)NCC.I. The van der Waals surface area contributed by atoms with Crippen LogP contribution in [0.15, 0.2) is 41.9 Å². The third-order valence-corrected chi connectivity index (χ3v) is 4.32. The number of halogens is 1. The molecular weight excluding hydrogens is 439 g/mol. The van der Waals surface area contributed by atoms with Gasteiger partial charge in [0.05, 0.1) is 19.8 Å². The van der Waals surface area contributed by atoms with E-state index >= 15 is 0 Å². The molecule has 26 heavy (non-hydrogen) atoms. The number of nitrogens with one attached hydrogen (secondary N) is 1. The monoisotopic (exact) mass is 472 g/mol. The Morgan fingerprint density at radius 3 is 2.62 bits per heavy atom. The number of aliphatic imine (C=N–C) groups is 1. The second kappa shape index (κ2) is 13.0. The van der Waals surface area contributed by atoms with Crippen LogP contribution in [-0.2, 0) is 11.3 Å². The van der Waals surface area contributed by atoms with Crippen molar-refractivity contribution in [3.05, 3.63) is 42.5 Å². The Balaban J connectivity index is 0.00000338. The minimum Gasteiger partial charge on any atom is -0.378 e. The van der Waals surface area contributed by atoms with Crippen LogP contribution in [0.2, 0.25) is 0 Å². The predicted molar refractivity (Wildman–Crippen MR) is 122 cm³/mol. The molecule has 0 spiro atoms. The normalized spacial score (nSPS) is 14.5. The van der Waals surface area contributed by atoms with E-state index in [0.717, 1.165) is 58.2 Å². The van der Waals surface area contributed by atoms with Gasteiger partial charge in [-0.3, -0.25) is 0 Å². The van der Waals surface area contributed by atoms with Crippen molar-refractivity contribution in [2.75, 3.05) is 51.3 Å². The van der Waals surface area contributed by atoms with Crippen LogP contribution in [0.4, 0.5) is 5.69 Å². The fourth-order valence-electron chi connectivity index (χ4n) is 2.85. The summed E-state index contributed by atoms with van der Waals surface area (Å²) in [5.41, 5.74) is 2.50. The van der Waals surface area contributed by atoms with Crippen LogP contribution in [0.3, 0.4) is 0 Å². The lowest BCUT2D eigenvalue weighted by Crippen LogP contribution is -2.39. The number of benzene rings is 1. The van der Waals surface area contributed by atoms with Gasteiger partial charge in [0, 0.05) is 38.9 Å². The van der Waals surface area contributed by atoms with Crippen LogP contribution < -0.4 is 10.2 Å². The molecule has 1 aromatic carbocycles. The standard InChI is InChI=1S/C20H32N4O.HI/c1-4-6-7-12-23(3)20(21-5-2)22-17-18-8-10-19(11-9-18)24-13-15-25-16-14-24;/h4,8-11H,1,5-7,12-17H2,2-3H3,(H,21,22);1H. The number of allylic oxidation sites excluding steroid dienone is 1. The Morgan fingerprint density at radius 1 is 1.31 bits per heavy atom. The van der Waals surface area contributed by atoms with E-state index in [2.05, 4.69) is 59.9 Å². The fraction of sp³-hybridized carbons (Fsp3) is 0.550. The average Bonchev–Trinajstić information content (AvgIpc) is 2.66. The maximum atomic E-state index is 5.41. The highest BCUT2D eigenvalue weighted by Crippen LogP contribution is 2.17. The van der Waals surface area contributed by atoms with Crippen LogP contribution in [0.5, 0.6) is 0 Å². The van der Waals surface area contributed by atoms with Gasteiger partial charge in [-0.2, -0.15) is 0 Å². The molecule has 146 valence electrons. The van der Waals surface area contributed by atoms with Crippen LogP contribution in [0.25, 0.3) is 0 Å². The predicted octanol–water partition coefficient (Wildman–Crippen LogP) is 3.50. The highest BCUT2D eigenvalue weighted by atomic mass is 127. The summed E-state index contributed by atoms with van der Waals surface area (Å²) in [5, 5.41) is 3.37. The average molecular weight is 472 g/mol. The second-order valence-corrected chi connectivity index (χ2v) is 6.29. The van der Waals surface area contributed by atoms with E-state index in [0.29, 0.717) is 6.54 Å². The summed E-state index contributed by atoms with van der Waals surface area (Å²) in [7, 11) is 2.09. The molecule has 1 aliphatic rings. The highest BCUT2D eigenvalue weighted by Gasteiger charge is 2.10.